The first-order valence-corrected chi connectivity index (χ1v) is 7.36. The van der Waals surface area contributed by atoms with Gasteiger partial charge in [0.25, 0.3) is 0 Å². The number of hydrogen-bond donors (Lipinski definition) is 1. The van der Waals surface area contributed by atoms with Gasteiger partial charge in [0.1, 0.15) is 0 Å². The molecule has 0 saturated carbocycles. The molecule has 0 bridgehead atoms. The van der Waals surface area contributed by atoms with Crippen LogP contribution < -0.4 is 5.32 Å². The lowest BCUT2D eigenvalue weighted by Crippen LogP contribution is -2.19. The van der Waals surface area contributed by atoms with E-state index in [1.165, 1.54) is 7.11 Å². The van der Waals surface area contributed by atoms with E-state index in [-0.39, 0.29) is 5.97 Å². The number of benzene rings is 1. The van der Waals surface area contributed by atoms with Gasteiger partial charge in [-0.1, -0.05) is 18.2 Å². The molecule has 0 fully saturated rings. The lowest BCUT2D eigenvalue weighted by Gasteiger charge is -2.08. The van der Waals surface area contributed by atoms with Crippen LogP contribution in [0.5, 0.6) is 0 Å². The quantitative estimate of drug-likeness (QED) is 0.656. The van der Waals surface area contributed by atoms with Crippen molar-refractivity contribution in [1.82, 2.24) is 10.3 Å². The molecule has 1 heterocycles. The predicted molar refractivity (Wildman–Crippen MR) is 80.0 cm³/mol. The van der Waals surface area contributed by atoms with Crippen molar-refractivity contribution in [3.05, 3.63) is 51.5 Å². The Morgan fingerprint density at radius 2 is 2.20 bits per heavy atom. The minimum absolute atomic E-state index is 0.294. The third-order valence-corrected chi connectivity index (χ3v) is 3.95. The predicted octanol–water partition coefficient (Wildman–Crippen LogP) is 2.57. The first-order valence-electron chi connectivity index (χ1n) is 6.48. The van der Waals surface area contributed by atoms with Crippen molar-refractivity contribution in [2.24, 2.45) is 0 Å². The van der Waals surface area contributed by atoms with Crippen LogP contribution in [0, 0.1) is 6.92 Å². The molecule has 0 radical (unpaired) electrons. The Morgan fingerprint density at radius 3 is 2.90 bits per heavy atom. The maximum atomic E-state index is 11.6. The van der Waals surface area contributed by atoms with Gasteiger partial charge in [-0.05, 0) is 18.6 Å². The van der Waals surface area contributed by atoms with Gasteiger partial charge >= 0.3 is 5.97 Å². The zero-order valence-corrected chi connectivity index (χ0v) is 12.5. The number of carbonyl (C=O) groups is 1. The van der Waals surface area contributed by atoms with E-state index >= 15 is 0 Å². The highest BCUT2D eigenvalue weighted by Crippen LogP contribution is 2.11. The summed E-state index contributed by atoms with van der Waals surface area (Å²) in [6, 6.07) is 7.49. The topological polar surface area (TPSA) is 51.2 Å². The number of nitrogens with zero attached hydrogens (tertiary/aromatic N) is 1. The highest BCUT2D eigenvalue weighted by Gasteiger charge is 2.10. The standard InChI is InChI=1S/C15H18N2O2S/c1-11-10-20-14(17-11)7-8-16-9-12-5-3-4-6-13(12)15(18)19-2/h3-6,10,16H,7-9H2,1-2H3. The summed E-state index contributed by atoms with van der Waals surface area (Å²) in [7, 11) is 1.40. The Bertz CT molecular complexity index is 581. The van der Waals surface area contributed by atoms with E-state index in [0.717, 1.165) is 29.2 Å². The van der Waals surface area contributed by atoms with Crippen LogP contribution in [0.2, 0.25) is 0 Å². The van der Waals surface area contributed by atoms with Crippen molar-refractivity contribution < 1.29 is 9.53 Å². The van der Waals surface area contributed by atoms with Gasteiger partial charge in [0, 0.05) is 30.6 Å². The third-order valence-electron chi connectivity index (χ3n) is 2.92. The van der Waals surface area contributed by atoms with Crippen molar-refractivity contribution in [1.29, 1.82) is 0 Å². The number of thiazole rings is 1. The number of nitrogens with one attached hydrogen (secondary N) is 1. The molecule has 0 aliphatic rings. The van der Waals surface area contributed by atoms with E-state index in [9.17, 15) is 4.79 Å². The van der Waals surface area contributed by atoms with Gasteiger partial charge in [-0.25, -0.2) is 9.78 Å². The number of esters is 1. The minimum atomic E-state index is -0.294. The van der Waals surface area contributed by atoms with Gasteiger partial charge in [0.05, 0.1) is 17.7 Å². The van der Waals surface area contributed by atoms with E-state index in [0.29, 0.717) is 12.1 Å². The highest BCUT2D eigenvalue weighted by molar-refractivity contribution is 7.09. The van der Waals surface area contributed by atoms with E-state index in [2.05, 4.69) is 15.7 Å². The Hall–Kier alpha value is -1.72. The van der Waals surface area contributed by atoms with Gasteiger partial charge in [0.2, 0.25) is 0 Å². The number of ether oxygens (including phenoxy) is 1. The molecule has 0 amide bonds. The zero-order chi connectivity index (χ0) is 14.4. The largest absolute Gasteiger partial charge is 0.465 e. The molecular weight excluding hydrogens is 272 g/mol. The molecule has 1 aromatic carbocycles. The fourth-order valence-electron chi connectivity index (χ4n) is 1.92. The Kier molecular flexibility index (Phi) is 5.26. The Morgan fingerprint density at radius 1 is 1.40 bits per heavy atom. The maximum absolute atomic E-state index is 11.6. The van der Waals surface area contributed by atoms with Gasteiger partial charge in [-0.2, -0.15) is 0 Å². The van der Waals surface area contributed by atoms with Gasteiger partial charge in [0.15, 0.2) is 0 Å². The molecule has 2 aromatic rings. The maximum Gasteiger partial charge on any atom is 0.338 e. The number of methoxy groups -OCH3 is 1. The van der Waals surface area contributed by atoms with Crippen molar-refractivity contribution in [3.8, 4) is 0 Å². The summed E-state index contributed by atoms with van der Waals surface area (Å²) in [4.78, 5) is 16.1. The molecular formula is C15H18N2O2S. The average Bonchev–Trinajstić information content (AvgIpc) is 2.89. The van der Waals surface area contributed by atoms with Crippen molar-refractivity contribution in [2.45, 2.75) is 19.9 Å². The first-order chi connectivity index (χ1) is 9.70. The molecule has 1 aromatic heterocycles. The molecule has 4 nitrogen and oxygen atoms in total. The summed E-state index contributed by atoms with van der Waals surface area (Å²) in [5.41, 5.74) is 2.64. The number of carbonyl (C=O) groups excluding carboxylic acids is 1. The van der Waals surface area contributed by atoms with Crippen molar-refractivity contribution >= 4 is 17.3 Å². The van der Waals surface area contributed by atoms with Crippen LogP contribution in [-0.4, -0.2) is 24.6 Å². The molecule has 0 aliphatic carbocycles. The molecule has 0 aliphatic heterocycles. The number of rotatable bonds is 6. The molecule has 2 rings (SSSR count). The summed E-state index contributed by atoms with van der Waals surface area (Å²) in [6.07, 6.45) is 0.902. The van der Waals surface area contributed by atoms with Gasteiger partial charge in [-0.15, -0.1) is 11.3 Å². The highest BCUT2D eigenvalue weighted by atomic mass is 32.1. The van der Waals surface area contributed by atoms with E-state index in [1.807, 2.05) is 25.1 Å². The molecule has 20 heavy (non-hydrogen) atoms. The second kappa shape index (κ2) is 7.17. The van der Waals surface area contributed by atoms with Crippen LogP contribution >= 0.6 is 11.3 Å². The molecule has 106 valence electrons. The van der Waals surface area contributed by atoms with Gasteiger partial charge in [-0.3, -0.25) is 0 Å². The Labute approximate surface area is 122 Å². The van der Waals surface area contributed by atoms with Crippen LogP contribution in [0.25, 0.3) is 0 Å². The monoisotopic (exact) mass is 290 g/mol. The van der Waals surface area contributed by atoms with E-state index < -0.39 is 0 Å². The molecule has 1 N–H and O–H groups in total. The second-order valence-electron chi connectivity index (χ2n) is 4.46. The summed E-state index contributed by atoms with van der Waals surface area (Å²) < 4.78 is 4.78. The van der Waals surface area contributed by atoms with E-state index in [1.54, 1.807) is 17.4 Å². The normalized spacial score (nSPS) is 10.5. The van der Waals surface area contributed by atoms with Crippen LogP contribution in [-0.2, 0) is 17.7 Å². The lowest BCUT2D eigenvalue weighted by molar-refractivity contribution is 0.0599. The first kappa shape index (κ1) is 14.7. The van der Waals surface area contributed by atoms with Crippen LogP contribution in [0.1, 0.15) is 26.6 Å². The molecule has 0 spiro atoms. The summed E-state index contributed by atoms with van der Waals surface area (Å²) in [6.45, 7) is 3.48. The summed E-state index contributed by atoms with van der Waals surface area (Å²) >= 11 is 1.68. The fourth-order valence-corrected chi connectivity index (χ4v) is 2.70. The second-order valence-corrected chi connectivity index (χ2v) is 5.40. The Balaban J connectivity index is 1.86. The molecule has 0 saturated heterocycles. The molecule has 0 atom stereocenters. The summed E-state index contributed by atoms with van der Waals surface area (Å²) in [5, 5.41) is 6.53. The van der Waals surface area contributed by atoms with Crippen LogP contribution in [0.15, 0.2) is 29.6 Å². The molecule has 0 unspecified atom stereocenters. The minimum Gasteiger partial charge on any atom is -0.465 e. The number of hydrogen-bond acceptors (Lipinski definition) is 5. The fraction of sp³-hybridized carbons (Fsp3) is 0.333. The van der Waals surface area contributed by atoms with E-state index in [4.69, 9.17) is 4.74 Å². The third kappa shape index (κ3) is 3.88. The smallest absolute Gasteiger partial charge is 0.338 e. The van der Waals surface area contributed by atoms with Crippen LogP contribution in [0.4, 0.5) is 0 Å². The van der Waals surface area contributed by atoms with Crippen LogP contribution in [0.3, 0.4) is 0 Å². The summed E-state index contributed by atoms with van der Waals surface area (Å²) in [5.74, 6) is -0.294. The zero-order valence-electron chi connectivity index (χ0n) is 11.7. The van der Waals surface area contributed by atoms with Gasteiger partial charge < -0.3 is 10.1 Å². The lowest BCUT2D eigenvalue weighted by atomic mass is 10.1. The molecule has 5 heteroatoms. The average molecular weight is 290 g/mol. The number of aryl methyl sites for hydroxylation is 1. The SMILES string of the molecule is COC(=O)c1ccccc1CNCCc1nc(C)cs1. The van der Waals surface area contributed by atoms with Crippen molar-refractivity contribution in [2.75, 3.05) is 13.7 Å². The number of aromatic nitrogens is 1. The van der Waals surface area contributed by atoms with Crippen molar-refractivity contribution in [3.63, 3.8) is 0 Å².